The number of hydrogen-bond donors (Lipinski definition) is 0. The van der Waals surface area contributed by atoms with Crippen molar-refractivity contribution in [1.29, 1.82) is 0 Å². The molecule has 0 heterocycles. The molecule has 0 aromatic heterocycles. The van der Waals surface area contributed by atoms with Gasteiger partial charge in [-0.2, -0.15) is 0 Å². The second-order valence-electron chi connectivity index (χ2n) is 8.71. The van der Waals surface area contributed by atoms with Gasteiger partial charge in [-0.1, -0.05) is 47.1 Å². The van der Waals surface area contributed by atoms with Gasteiger partial charge in [0.15, 0.2) is 0 Å². The second kappa shape index (κ2) is 5.28. The highest BCUT2D eigenvalue weighted by Gasteiger charge is 2.50. The Morgan fingerprint density at radius 1 is 1.14 bits per heavy atom. The van der Waals surface area contributed by atoms with E-state index in [-0.39, 0.29) is 0 Å². The number of benzene rings is 1. The molecule has 22 heavy (non-hydrogen) atoms. The molecule has 2 aliphatic carbocycles. The molecular formula is C21H32O. The first-order chi connectivity index (χ1) is 10.3. The smallest absolute Gasteiger partial charge is 0.122 e. The minimum absolute atomic E-state index is 0.352. The molecule has 0 spiro atoms. The minimum Gasteiger partial charge on any atom is -0.496 e. The molecule has 1 fully saturated rings. The van der Waals surface area contributed by atoms with Gasteiger partial charge < -0.3 is 4.74 Å². The minimum atomic E-state index is 0.352. The number of methoxy groups -OCH3 is 1. The van der Waals surface area contributed by atoms with Crippen molar-refractivity contribution in [3.63, 3.8) is 0 Å². The van der Waals surface area contributed by atoms with Gasteiger partial charge in [-0.15, -0.1) is 0 Å². The standard InChI is InChI=1S/C21H32O/c1-14(2)19-15-8-11-18-20(3,4)12-7-13-21(18,5)16(15)9-10-17(19)22-6/h9-10,14,18H,7-8,11-13H2,1-6H3/t18?,21-/m0/s1. The zero-order chi connectivity index (χ0) is 16.1. The van der Waals surface area contributed by atoms with Crippen LogP contribution in [0.3, 0.4) is 0 Å². The Bertz CT molecular complexity index is 570. The lowest BCUT2D eigenvalue weighted by Crippen LogP contribution is -2.48. The first-order valence-corrected chi connectivity index (χ1v) is 9.01. The largest absolute Gasteiger partial charge is 0.496 e. The van der Waals surface area contributed by atoms with Crippen molar-refractivity contribution in [2.75, 3.05) is 7.11 Å². The highest BCUT2D eigenvalue weighted by atomic mass is 16.5. The van der Waals surface area contributed by atoms with Crippen LogP contribution in [0, 0.1) is 11.3 Å². The van der Waals surface area contributed by atoms with Gasteiger partial charge >= 0.3 is 0 Å². The zero-order valence-electron chi connectivity index (χ0n) is 15.3. The molecule has 0 saturated heterocycles. The van der Waals surface area contributed by atoms with Gasteiger partial charge in [0.05, 0.1) is 7.11 Å². The third-order valence-electron chi connectivity index (χ3n) is 6.64. The van der Waals surface area contributed by atoms with E-state index in [9.17, 15) is 0 Å². The van der Waals surface area contributed by atoms with E-state index in [2.05, 4.69) is 46.8 Å². The summed E-state index contributed by atoms with van der Waals surface area (Å²) in [5, 5.41) is 0. The van der Waals surface area contributed by atoms with Crippen molar-refractivity contribution in [3.8, 4) is 5.75 Å². The Kier molecular flexibility index (Phi) is 3.82. The van der Waals surface area contributed by atoms with Crippen molar-refractivity contribution in [2.24, 2.45) is 11.3 Å². The molecule has 1 aromatic rings. The van der Waals surface area contributed by atoms with E-state index in [1.54, 1.807) is 11.1 Å². The van der Waals surface area contributed by atoms with Crippen LogP contribution in [-0.2, 0) is 11.8 Å². The maximum absolute atomic E-state index is 5.68. The van der Waals surface area contributed by atoms with Crippen molar-refractivity contribution in [3.05, 3.63) is 28.8 Å². The summed E-state index contributed by atoms with van der Waals surface area (Å²) < 4.78 is 5.68. The molecule has 1 heteroatoms. The molecule has 0 aliphatic heterocycles. The molecule has 1 nitrogen and oxygen atoms in total. The van der Waals surface area contributed by atoms with Gasteiger partial charge in [0.2, 0.25) is 0 Å². The predicted octanol–water partition coefficient (Wildman–Crippen LogP) is 5.85. The van der Waals surface area contributed by atoms with E-state index >= 15 is 0 Å². The monoisotopic (exact) mass is 300 g/mol. The third-order valence-corrected chi connectivity index (χ3v) is 6.64. The summed E-state index contributed by atoms with van der Waals surface area (Å²) >= 11 is 0. The molecule has 2 atom stereocenters. The first-order valence-electron chi connectivity index (χ1n) is 9.01. The Labute approximate surface area is 136 Å². The lowest BCUT2D eigenvalue weighted by atomic mass is 9.50. The summed E-state index contributed by atoms with van der Waals surface area (Å²) in [7, 11) is 1.81. The molecule has 2 aliphatic rings. The number of fused-ring (bicyclic) bond motifs is 3. The van der Waals surface area contributed by atoms with E-state index in [1.165, 1.54) is 37.7 Å². The Morgan fingerprint density at radius 2 is 1.86 bits per heavy atom. The van der Waals surface area contributed by atoms with Gasteiger partial charge in [0, 0.05) is 5.56 Å². The fourth-order valence-electron chi connectivity index (χ4n) is 5.70. The molecule has 0 N–H and O–H groups in total. The number of hydrogen-bond acceptors (Lipinski definition) is 1. The molecule has 3 rings (SSSR count). The highest BCUT2D eigenvalue weighted by molar-refractivity contribution is 5.51. The van der Waals surface area contributed by atoms with Gasteiger partial charge in [0.1, 0.15) is 5.75 Å². The van der Waals surface area contributed by atoms with Crippen LogP contribution in [0.2, 0.25) is 0 Å². The molecule has 0 amide bonds. The molecule has 0 bridgehead atoms. The summed E-state index contributed by atoms with van der Waals surface area (Å²) in [5.74, 6) is 2.43. The van der Waals surface area contributed by atoms with E-state index in [1.807, 2.05) is 7.11 Å². The van der Waals surface area contributed by atoms with E-state index in [4.69, 9.17) is 4.74 Å². The van der Waals surface area contributed by atoms with Crippen LogP contribution in [0.25, 0.3) is 0 Å². The third kappa shape index (κ3) is 2.20. The van der Waals surface area contributed by atoms with Crippen LogP contribution in [0.15, 0.2) is 12.1 Å². The summed E-state index contributed by atoms with van der Waals surface area (Å²) in [6, 6.07) is 4.61. The molecule has 122 valence electrons. The SMILES string of the molecule is COc1ccc2c(c1C(C)C)CCC1C(C)(C)CCC[C@@]21C. The quantitative estimate of drug-likeness (QED) is 0.666. The maximum Gasteiger partial charge on any atom is 0.122 e. The van der Waals surface area contributed by atoms with Crippen LogP contribution in [-0.4, -0.2) is 7.11 Å². The van der Waals surface area contributed by atoms with E-state index in [0.717, 1.165) is 11.7 Å². The Morgan fingerprint density at radius 3 is 2.50 bits per heavy atom. The fourth-order valence-corrected chi connectivity index (χ4v) is 5.70. The average molecular weight is 300 g/mol. The first kappa shape index (κ1) is 15.9. The Balaban J connectivity index is 2.17. The topological polar surface area (TPSA) is 9.23 Å². The lowest BCUT2D eigenvalue weighted by molar-refractivity contribution is 0.0404. The van der Waals surface area contributed by atoms with Gasteiger partial charge in [-0.3, -0.25) is 0 Å². The normalized spacial score (nSPS) is 29.9. The Hall–Kier alpha value is -0.980. The number of ether oxygens (including phenoxy) is 1. The summed E-state index contributed by atoms with van der Waals surface area (Å²) in [4.78, 5) is 0. The molecule has 1 aromatic carbocycles. The lowest BCUT2D eigenvalue weighted by Gasteiger charge is -2.54. The molecule has 0 radical (unpaired) electrons. The van der Waals surface area contributed by atoms with Crippen LogP contribution in [0.5, 0.6) is 5.75 Å². The van der Waals surface area contributed by atoms with Crippen molar-refractivity contribution in [1.82, 2.24) is 0 Å². The van der Waals surface area contributed by atoms with Crippen molar-refractivity contribution >= 4 is 0 Å². The van der Waals surface area contributed by atoms with Crippen LogP contribution in [0.4, 0.5) is 0 Å². The molecule has 1 saturated carbocycles. The van der Waals surface area contributed by atoms with Crippen LogP contribution < -0.4 is 4.74 Å². The van der Waals surface area contributed by atoms with Crippen molar-refractivity contribution < 1.29 is 4.74 Å². The molecule has 1 unspecified atom stereocenters. The zero-order valence-corrected chi connectivity index (χ0v) is 15.3. The van der Waals surface area contributed by atoms with Gasteiger partial charge in [-0.25, -0.2) is 0 Å². The van der Waals surface area contributed by atoms with E-state index in [0.29, 0.717) is 16.7 Å². The summed E-state index contributed by atoms with van der Waals surface area (Å²) in [5.41, 5.74) is 5.52. The van der Waals surface area contributed by atoms with E-state index < -0.39 is 0 Å². The van der Waals surface area contributed by atoms with Crippen LogP contribution >= 0.6 is 0 Å². The fraction of sp³-hybridized carbons (Fsp3) is 0.714. The summed E-state index contributed by atoms with van der Waals surface area (Å²) in [6.45, 7) is 12.1. The molecular weight excluding hydrogens is 268 g/mol. The summed E-state index contributed by atoms with van der Waals surface area (Å²) in [6.07, 6.45) is 6.66. The van der Waals surface area contributed by atoms with Crippen LogP contribution in [0.1, 0.15) is 82.9 Å². The van der Waals surface area contributed by atoms with Gasteiger partial charge in [0.25, 0.3) is 0 Å². The average Bonchev–Trinajstić information content (AvgIpc) is 2.44. The van der Waals surface area contributed by atoms with Crippen molar-refractivity contribution in [2.45, 2.75) is 78.1 Å². The van der Waals surface area contributed by atoms with Gasteiger partial charge in [-0.05, 0) is 65.5 Å². The number of rotatable bonds is 2. The highest BCUT2D eigenvalue weighted by Crippen LogP contribution is 2.58. The maximum atomic E-state index is 5.68. The second-order valence-corrected chi connectivity index (χ2v) is 8.71. The predicted molar refractivity (Wildman–Crippen MR) is 93.9 cm³/mol.